The molecule has 2 aromatic rings. The van der Waals surface area contributed by atoms with Gasteiger partial charge in [0, 0.05) is 10.0 Å². The van der Waals surface area contributed by atoms with E-state index in [9.17, 15) is 4.79 Å². The Morgan fingerprint density at radius 3 is 3.15 bits per heavy atom. The van der Waals surface area contributed by atoms with Crippen LogP contribution in [-0.2, 0) is 0 Å². The molecule has 2 N–H and O–H groups in total. The van der Waals surface area contributed by atoms with Gasteiger partial charge in [0.05, 0.1) is 19.0 Å². The summed E-state index contributed by atoms with van der Waals surface area (Å²) in [6.45, 7) is 2.47. The van der Waals surface area contributed by atoms with Crippen LogP contribution in [0.3, 0.4) is 0 Å². The van der Waals surface area contributed by atoms with Crippen molar-refractivity contribution in [1.82, 2.24) is 15.2 Å². The number of anilines is 1. The number of hydrogen-bond donors (Lipinski definition) is 2. The fraction of sp³-hybridized carbons (Fsp3) is 0.167. The summed E-state index contributed by atoms with van der Waals surface area (Å²) in [5.74, 6) is 0.983. The van der Waals surface area contributed by atoms with Gasteiger partial charge in [0.25, 0.3) is 0 Å². The molecule has 0 aliphatic rings. The van der Waals surface area contributed by atoms with Crippen molar-refractivity contribution in [2.24, 2.45) is 5.10 Å². The lowest BCUT2D eigenvalue weighted by Crippen LogP contribution is -2.13. The first-order chi connectivity index (χ1) is 9.69. The van der Waals surface area contributed by atoms with E-state index in [0.717, 1.165) is 15.8 Å². The topological polar surface area (TPSA) is 92.3 Å². The molecule has 0 saturated heterocycles. The smallest absolute Gasteiger partial charge is 0.363 e. The average Bonchev–Trinajstić information content (AvgIpc) is 2.42. The van der Waals surface area contributed by atoms with E-state index in [1.54, 1.807) is 6.21 Å². The van der Waals surface area contributed by atoms with E-state index in [4.69, 9.17) is 4.74 Å². The van der Waals surface area contributed by atoms with Gasteiger partial charge >= 0.3 is 5.69 Å². The fourth-order valence-electron chi connectivity index (χ4n) is 1.44. The highest BCUT2D eigenvalue weighted by Crippen LogP contribution is 2.21. The molecule has 0 fully saturated rings. The Balaban J connectivity index is 2.14. The van der Waals surface area contributed by atoms with Gasteiger partial charge in [0.1, 0.15) is 5.75 Å². The van der Waals surface area contributed by atoms with Crippen molar-refractivity contribution in [3.05, 3.63) is 44.9 Å². The summed E-state index contributed by atoms with van der Waals surface area (Å²) in [5, 5.41) is 9.79. The molecule has 1 aromatic carbocycles. The SMILES string of the molecule is CCOc1ccc(Br)cc1/C=N/Nc1cn[nH]c(=O)n1. The third-order valence-electron chi connectivity index (χ3n) is 2.22. The molecule has 0 aliphatic carbocycles. The average molecular weight is 338 g/mol. The molecule has 0 atom stereocenters. The maximum Gasteiger partial charge on any atom is 0.363 e. The molecule has 8 heteroatoms. The summed E-state index contributed by atoms with van der Waals surface area (Å²) in [6.07, 6.45) is 2.95. The van der Waals surface area contributed by atoms with Crippen LogP contribution in [0.25, 0.3) is 0 Å². The molecule has 20 heavy (non-hydrogen) atoms. The second-order valence-electron chi connectivity index (χ2n) is 3.66. The first-order valence-electron chi connectivity index (χ1n) is 5.82. The maximum atomic E-state index is 11.0. The van der Waals surface area contributed by atoms with Crippen molar-refractivity contribution in [3.63, 3.8) is 0 Å². The lowest BCUT2D eigenvalue weighted by atomic mass is 10.2. The monoisotopic (exact) mass is 337 g/mol. The molecule has 0 unspecified atom stereocenters. The highest BCUT2D eigenvalue weighted by atomic mass is 79.9. The van der Waals surface area contributed by atoms with Crippen molar-refractivity contribution < 1.29 is 4.74 Å². The standard InChI is InChI=1S/C12H12BrN5O2/c1-2-20-10-4-3-9(13)5-8(10)6-14-17-11-7-15-18-12(19)16-11/h3-7H,2H2,1H3,(H2,16,17,18,19)/b14-6+. The van der Waals surface area contributed by atoms with Crippen LogP contribution in [0, 0.1) is 0 Å². The van der Waals surface area contributed by atoms with Crippen LogP contribution in [0.2, 0.25) is 0 Å². The van der Waals surface area contributed by atoms with E-state index in [1.807, 2.05) is 25.1 Å². The van der Waals surface area contributed by atoms with Gasteiger partial charge in [0.2, 0.25) is 0 Å². The molecule has 0 saturated carbocycles. The van der Waals surface area contributed by atoms with E-state index < -0.39 is 5.69 Å². The van der Waals surface area contributed by atoms with Crippen LogP contribution in [-0.4, -0.2) is 28.0 Å². The second-order valence-corrected chi connectivity index (χ2v) is 4.57. The summed E-state index contributed by atoms with van der Waals surface area (Å²) < 4.78 is 6.41. The minimum Gasteiger partial charge on any atom is -0.493 e. The van der Waals surface area contributed by atoms with Gasteiger partial charge in [-0.2, -0.15) is 15.2 Å². The Morgan fingerprint density at radius 2 is 2.40 bits per heavy atom. The first-order valence-corrected chi connectivity index (χ1v) is 6.61. The summed E-state index contributed by atoms with van der Waals surface area (Å²) in [7, 11) is 0. The number of hydrazone groups is 1. The van der Waals surface area contributed by atoms with Crippen molar-refractivity contribution in [2.45, 2.75) is 6.92 Å². The number of ether oxygens (including phenoxy) is 1. The minimum absolute atomic E-state index is 0.262. The fourth-order valence-corrected chi connectivity index (χ4v) is 1.82. The predicted molar refractivity (Wildman–Crippen MR) is 79.2 cm³/mol. The van der Waals surface area contributed by atoms with Crippen molar-refractivity contribution >= 4 is 28.0 Å². The van der Waals surface area contributed by atoms with Crippen LogP contribution >= 0.6 is 15.9 Å². The zero-order chi connectivity index (χ0) is 14.4. The lowest BCUT2D eigenvalue weighted by Gasteiger charge is -2.07. The van der Waals surface area contributed by atoms with E-state index in [2.05, 4.69) is 41.6 Å². The molecule has 7 nitrogen and oxygen atoms in total. The highest BCUT2D eigenvalue weighted by molar-refractivity contribution is 9.10. The first kappa shape index (κ1) is 14.2. The number of aromatic nitrogens is 3. The number of H-pyrrole nitrogens is 1. The lowest BCUT2D eigenvalue weighted by molar-refractivity contribution is 0.339. The van der Waals surface area contributed by atoms with E-state index in [0.29, 0.717) is 6.61 Å². The van der Waals surface area contributed by atoms with Crippen LogP contribution in [0.4, 0.5) is 5.82 Å². The van der Waals surface area contributed by atoms with Gasteiger partial charge in [-0.1, -0.05) is 15.9 Å². The van der Waals surface area contributed by atoms with Crippen LogP contribution in [0.1, 0.15) is 12.5 Å². The number of hydrogen-bond acceptors (Lipinski definition) is 6. The molecular formula is C12H12BrN5O2. The number of nitrogens with zero attached hydrogens (tertiary/aromatic N) is 3. The molecule has 1 heterocycles. The van der Waals surface area contributed by atoms with E-state index in [-0.39, 0.29) is 5.82 Å². The third-order valence-corrected chi connectivity index (χ3v) is 2.72. The maximum absolute atomic E-state index is 11.0. The van der Waals surface area contributed by atoms with Crippen LogP contribution in [0.5, 0.6) is 5.75 Å². The van der Waals surface area contributed by atoms with Crippen molar-refractivity contribution in [3.8, 4) is 5.75 Å². The molecule has 0 radical (unpaired) electrons. The number of nitrogens with one attached hydrogen (secondary N) is 2. The van der Waals surface area contributed by atoms with Gasteiger partial charge in [-0.3, -0.25) is 5.43 Å². The summed E-state index contributed by atoms with van der Waals surface area (Å²) >= 11 is 3.39. The number of benzene rings is 1. The van der Waals surface area contributed by atoms with Crippen LogP contribution in [0.15, 0.2) is 38.8 Å². The van der Waals surface area contributed by atoms with Crippen molar-refractivity contribution in [2.75, 3.05) is 12.0 Å². The second kappa shape index (κ2) is 6.80. The molecule has 1 aromatic heterocycles. The van der Waals surface area contributed by atoms with Gasteiger partial charge in [-0.05, 0) is 25.1 Å². The molecular weight excluding hydrogens is 326 g/mol. The Labute approximate surface area is 123 Å². The summed E-state index contributed by atoms with van der Waals surface area (Å²) in [5.41, 5.74) is 2.89. The Hall–Kier alpha value is -2.22. The van der Waals surface area contributed by atoms with E-state index in [1.165, 1.54) is 6.20 Å². The molecule has 0 bridgehead atoms. The largest absolute Gasteiger partial charge is 0.493 e. The number of rotatable bonds is 5. The Morgan fingerprint density at radius 1 is 1.55 bits per heavy atom. The van der Waals surface area contributed by atoms with Crippen LogP contribution < -0.4 is 15.9 Å². The minimum atomic E-state index is -0.539. The molecule has 0 spiro atoms. The number of aromatic amines is 1. The highest BCUT2D eigenvalue weighted by Gasteiger charge is 2.02. The Bertz CT molecular complexity index is 671. The zero-order valence-corrected chi connectivity index (χ0v) is 12.2. The number of halogens is 1. The van der Waals surface area contributed by atoms with Gasteiger partial charge in [0.15, 0.2) is 5.82 Å². The molecule has 0 amide bonds. The molecule has 0 aliphatic heterocycles. The van der Waals surface area contributed by atoms with Gasteiger partial charge < -0.3 is 4.74 Å². The summed E-state index contributed by atoms with van der Waals surface area (Å²) in [4.78, 5) is 14.6. The Kier molecular flexibility index (Phi) is 4.83. The zero-order valence-electron chi connectivity index (χ0n) is 10.6. The molecule has 2 rings (SSSR count). The normalized spacial score (nSPS) is 10.7. The van der Waals surface area contributed by atoms with Gasteiger partial charge in [-0.15, -0.1) is 0 Å². The predicted octanol–water partition coefficient (Wildman–Crippen LogP) is 1.77. The quantitative estimate of drug-likeness (QED) is 0.640. The van der Waals surface area contributed by atoms with Gasteiger partial charge in [-0.25, -0.2) is 9.89 Å². The third kappa shape index (κ3) is 3.89. The molecule has 104 valence electrons. The van der Waals surface area contributed by atoms with Crippen molar-refractivity contribution in [1.29, 1.82) is 0 Å². The van der Waals surface area contributed by atoms with E-state index >= 15 is 0 Å². The summed E-state index contributed by atoms with van der Waals surface area (Å²) in [6, 6.07) is 5.61.